The summed E-state index contributed by atoms with van der Waals surface area (Å²) in [5.41, 5.74) is 13.4. The highest BCUT2D eigenvalue weighted by molar-refractivity contribution is 6.04. The fourth-order valence-corrected chi connectivity index (χ4v) is 2.18. The molecule has 0 atom stereocenters. The van der Waals surface area contributed by atoms with Crippen molar-refractivity contribution in [2.75, 3.05) is 7.11 Å². The monoisotopic (exact) mass is 325 g/mol. The number of carbonyl (C=O) groups is 1. The van der Waals surface area contributed by atoms with Gasteiger partial charge in [0.15, 0.2) is 5.96 Å². The van der Waals surface area contributed by atoms with Crippen LogP contribution in [0.3, 0.4) is 0 Å². The van der Waals surface area contributed by atoms with Crippen molar-refractivity contribution >= 4 is 17.9 Å². The van der Waals surface area contributed by atoms with Gasteiger partial charge in [-0.2, -0.15) is 4.99 Å². The summed E-state index contributed by atoms with van der Waals surface area (Å²) in [5, 5.41) is 9.46. The molecule has 0 fully saturated rings. The summed E-state index contributed by atoms with van der Waals surface area (Å²) in [7, 11) is 1.58. The van der Waals surface area contributed by atoms with Crippen LogP contribution >= 0.6 is 0 Å². The fraction of sp³-hybridized carbons (Fsp3) is 0.111. The van der Waals surface area contributed by atoms with Gasteiger partial charge >= 0.3 is 0 Å². The van der Waals surface area contributed by atoms with Crippen molar-refractivity contribution in [3.05, 3.63) is 53.6 Å². The van der Waals surface area contributed by atoms with Gasteiger partial charge in [-0.3, -0.25) is 4.79 Å². The molecule has 0 aliphatic carbocycles. The summed E-state index contributed by atoms with van der Waals surface area (Å²) >= 11 is 0. The van der Waals surface area contributed by atoms with E-state index in [1.54, 1.807) is 50.4 Å². The zero-order chi connectivity index (χ0) is 17.7. The maximum absolute atomic E-state index is 11.9. The lowest BCUT2D eigenvalue weighted by Crippen LogP contribution is -2.24. The van der Waals surface area contributed by atoms with Gasteiger partial charge in [0.1, 0.15) is 11.5 Å². The molecule has 0 saturated carbocycles. The third kappa shape index (κ3) is 4.13. The predicted molar refractivity (Wildman–Crippen MR) is 94.6 cm³/mol. The van der Waals surface area contributed by atoms with Crippen LogP contribution in [0, 0.1) is 0 Å². The number of aromatic hydroxyl groups is 1. The Morgan fingerprint density at radius 1 is 1.17 bits per heavy atom. The zero-order valence-corrected chi connectivity index (χ0v) is 13.5. The molecule has 2 rings (SSSR count). The number of nitrogens with two attached hydrogens (primary N) is 2. The van der Waals surface area contributed by atoms with Gasteiger partial charge < -0.3 is 21.3 Å². The zero-order valence-electron chi connectivity index (χ0n) is 13.5. The molecule has 0 unspecified atom stereocenters. The predicted octanol–water partition coefficient (Wildman–Crippen LogP) is 2.27. The van der Waals surface area contributed by atoms with E-state index in [1.165, 1.54) is 0 Å². The molecule has 0 aromatic heterocycles. The molecule has 0 aliphatic rings. The van der Waals surface area contributed by atoms with Gasteiger partial charge in [0.05, 0.1) is 7.11 Å². The molecular weight excluding hydrogens is 306 g/mol. The van der Waals surface area contributed by atoms with Crippen molar-refractivity contribution in [2.45, 2.75) is 6.92 Å². The number of phenols is 1. The number of ether oxygens (including phenoxy) is 1. The molecule has 0 radical (unpaired) electrons. The Balaban J connectivity index is 2.52. The van der Waals surface area contributed by atoms with Crippen LogP contribution in [-0.4, -0.2) is 24.1 Å². The number of guanidine groups is 1. The molecule has 0 heterocycles. The highest BCUT2D eigenvalue weighted by Crippen LogP contribution is 2.30. The van der Waals surface area contributed by atoms with Crippen LogP contribution in [0.4, 0.5) is 0 Å². The van der Waals surface area contributed by atoms with Gasteiger partial charge in [-0.1, -0.05) is 18.2 Å². The van der Waals surface area contributed by atoms with E-state index in [2.05, 4.69) is 4.99 Å². The molecular formula is C18H19N3O3. The second-order valence-corrected chi connectivity index (χ2v) is 5.17. The third-order valence-corrected chi connectivity index (χ3v) is 3.38. The van der Waals surface area contributed by atoms with E-state index in [1.807, 2.05) is 12.1 Å². The van der Waals surface area contributed by atoms with Gasteiger partial charge in [0.25, 0.3) is 5.91 Å². The number of hydrogen-bond donors (Lipinski definition) is 3. The number of rotatable bonds is 4. The highest BCUT2D eigenvalue weighted by Gasteiger charge is 2.09. The Hall–Kier alpha value is -3.28. The summed E-state index contributed by atoms with van der Waals surface area (Å²) in [6.45, 7) is 1.64. The van der Waals surface area contributed by atoms with E-state index in [0.29, 0.717) is 11.3 Å². The molecule has 6 nitrogen and oxygen atoms in total. The minimum absolute atomic E-state index is 0.179. The number of carbonyl (C=O) groups excluding carboxylic acids is 1. The van der Waals surface area contributed by atoms with Gasteiger partial charge in [0, 0.05) is 5.57 Å². The molecule has 2 aromatic carbocycles. The second kappa shape index (κ2) is 7.32. The van der Waals surface area contributed by atoms with Crippen LogP contribution < -0.4 is 16.2 Å². The number of amides is 1. The van der Waals surface area contributed by atoms with Crippen LogP contribution in [0.1, 0.15) is 12.5 Å². The van der Waals surface area contributed by atoms with E-state index in [9.17, 15) is 9.90 Å². The van der Waals surface area contributed by atoms with E-state index >= 15 is 0 Å². The molecule has 5 N–H and O–H groups in total. The van der Waals surface area contributed by atoms with Gasteiger partial charge in [-0.05, 0) is 54.0 Å². The Bertz CT molecular complexity index is 805. The Morgan fingerprint density at radius 3 is 2.42 bits per heavy atom. The SMILES string of the molecule is COc1ccc(/C=C(\C)C(=O)N=C(N)N)c(-c2ccc(O)cc2)c1. The van der Waals surface area contributed by atoms with E-state index in [-0.39, 0.29) is 11.7 Å². The van der Waals surface area contributed by atoms with Crippen LogP contribution in [-0.2, 0) is 4.79 Å². The lowest BCUT2D eigenvalue weighted by molar-refractivity contribution is -0.114. The number of methoxy groups -OCH3 is 1. The summed E-state index contributed by atoms with van der Waals surface area (Å²) < 4.78 is 5.27. The van der Waals surface area contributed by atoms with Crippen molar-refractivity contribution in [3.63, 3.8) is 0 Å². The van der Waals surface area contributed by atoms with Crippen LogP contribution in [0.15, 0.2) is 53.0 Å². The lowest BCUT2D eigenvalue weighted by Gasteiger charge is -2.10. The average molecular weight is 325 g/mol. The Kier molecular flexibility index (Phi) is 5.21. The van der Waals surface area contributed by atoms with Gasteiger partial charge in [0.2, 0.25) is 0 Å². The first kappa shape index (κ1) is 17.1. The molecule has 1 amide bonds. The summed E-state index contributed by atoms with van der Waals surface area (Å²) in [5.74, 6) is 0.0880. The topological polar surface area (TPSA) is 111 Å². The molecule has 0 saturated heterocycles. The number of benzene rings is 2. The number of hydrogen-bond acceptors (Lipinski definition) is 3. The largest absolute Gasteiger partial charge is 0.508 e. The van der Waals surface area contributed by atoms with Gasteiger partial charge in [-0.25, -0.2) is 0 Å². The van der Waals surface area contributed by atoms with Crippen molar-refractivity contribution in [1.82, 2.24) is 0 Å². The molecule has 0 bridgehead atoms. The summed E-state index contributed by atoms with van der Waals surface area (Å²) in [4.78, 5) is 15.4. The van der Waals surface area contributed by atoms with Crippen molar-refractivity contribution in [3.8, 4) is 22.6 Å². The molecule has 2 aromatic rings. The van der Waals surface area contributed by atoms with E-state index < -0.39 is 5.91 Å². The lowest BCUT2D eigenvalue weighted by atomic mass is 9.97. The van der Waals surface area contributed by atoms with Crippen LogP contribution in [0.2, 0.25) is 0 Å². The average Bonchev–Trinajstić information content (AvgIpc) is 2.55. The molecule has 124 valence electrons. The molecule has 24 heavy (non-hydrogen) atoms. The van der Waals surface area contributed by atoms with Gasteiger partial charge in [-0.15, -0.1) is 0 Å². The van der Waals surface area contributed by atoms with Crippen molar-refractivity contribution in [2.24, 2.45) is 16.5 Å². The Labute approximate surface area is 140 Å². The molecule has 6 heteroatoms. The first-order chi connectivity index (χ1) is 11.4. The fourth-order valence-electron chi connectivity index (χ4n) is 2.18. The highest BCUT2D eigenvalue weighted by atomic mass is 16.5. The first-order valence-electron chi connectivity index (χ1n) is 7.20. The summed E-state index contributed by atoms with van der Waals surface area (Å²) in [6, 6.07) is 12.3. The first-order valence-corrected chi connectivity index (χ1v) is 7.20. The van der Waals surface area contributed by atoms with Crippen molar-refractivity contribution < 1.29 is 14.6 Å². The minimum atomic E-state index is -0.498. The van der Waals surface area contributed by atoms with Crippen molar-refractivity contribution in [1.29, 1.82) is 0 Å². The maximum atomic E-state index is 11.9. The quantitative estimate of drug-likeness (QED) is 0.453. The minimum Gasteiger partial charge on any atom is -0.508 e. The molecule has 0 aliphatic heterocycles. The smallest absolute Gasteiger partial charge is 0.275 e. The maximum Gasteiger partial charge on any atom is 0.275 e. The van der Waals surface area contributed by atoms with E-state index in [0.717, 1.165) is 16.7 Å². The van der Waals surface area contributed by atoms with Crippen LogP contribution in [0.5, 0.6) is 11.5 Å². The third-order valence-electron chi connectivity index (χ3n) is 3.38. The molecule has 0 spiro atoms. The van der Waals surface area contributed by atoms with E-state index in [4.69, 9.17) is 16.2 Å². The second-order valence-electron chi connectivity index (χ2n) is 5.17. The Morgan fingerprint density at radius 2 is 1.83 bits per heavy atom. The standard InChI is InChI=1S/C18H19N3O3/c1-11(17(23)21-18(19)20)9-13-5-8-15(24-2)10-16(13)12-3-6-14(22)7-4-12/h3-10,22H,1-2H3,(H4,19,20,21,23)/b11-9+. The number of phenolic OH excluding ortho intramolecular Hbond substituents is 1. The van der Waals surface area contributed by atoms with Crippen LogP contribution in [0.25, 0.3) is 17.2 Å². The normalized spacial score (nSPS) is 11.0. The summed E-state index contributed by atoms with van der Waals surface area (Å²) in [6.07, 6.45) is 1.70. The number of aliphatic imine (C=N–C) groups is 1. The number of nitrogens with zero attached hydrogens (tertiary/aromatic N) is 1.